The number of aryl methyl sites for hydroxylation is 2. The van der Waals surface area contributed by atoms with Crippen molar-refractivity contribution in [3.05, 3.63) is 57.0 Å². The fourth-order valence-electron chi connectivity index (χ4n) is 2.13. The second-order valence-electron chi connectivity index (χ2n) is 5.10. The van der Waals surface area contributed by atoms with Gasteiger partial charge in [-0.15, -0.1) is 0 Å². The molecule has 0 unspecified atom stereocenters. The van der Waals surface area contributed by atoms with Crippen LogP contribution in [0.15, 0.2) is 29.3 Å². The predicted molar refractivity (Wildman–Crippen MR) is 91.9 cm³/mol. The predicted octanol–water partition coefficient (Wildman–Crippen LogP) is 2.28. The van der Waals surface area contributed by atoms with Crippen molar-refractivity contribution in [1.82, 2.24) is 15.3 Å². The third kappa shape index (κ3) is 4.74. The maximum Gasteiger partial charge on any atom is 0.274 e. The number of nitrogens with one attached hydrogen (secondary N) is 1. The fraction of sp³-hybridized carbons (Fsp3) is 0.250. The Labute approximate surface area is 148 Å². The average molecular weight is 357 g/mol. The summed E-state index contributed by atoms with van der Waals surface area (Å²) in [5.74, 6) is 0.269. The number of para-hydroxylation sites is 1. The van der Waals surface area contributed by atoms with E-state index in [0.717, 1.165) is 11.8 Å². The topological polar surface area (TPSA) is 122 Å². The van der Waals surface area contributed by atoms with Crippen LogP contribution < -0.4 is 5.32 Å². The molecular weight excluding hydrogens is 342 g/mol. The highest BCUT2D eigenvalue weighted by atomic mass is 32.2. The SMILES string of the molecule is Cc1nc(C)c(C#N)c(SCC(=O)NCc2ccccc2[N+](=O)[O-])n1. The number of nitro groups is 1. The van der Waals surface area contributed by atoms with Crippen LogP contribution in [-0.2, 0) is 11.3 Å². The van der Waals surface area contributed by atoms with Gasteiger partial charge < -0.3 is 5.32 Å². The average Bonchev–Trinajstić information content (AvgIpc) is 2.57. The van der Waals surface area contributed by atoms with Gasteiger partial charge in [-0.25, -0.2) is 9.97 Å². The third-order valence-electron chi connectivity index (χ3n) is 3.28. The zero-order chi connectivity index (χ0) is 18.4. The summed E-state index contributed by atoms with van der Waals surface area (Å²) in [6.07, 6.45) is 0. The summed E-state index contributed by atoms with van der Waals surface area (Å²) in [7, 11) is 0. The zero-order valence-electron chi connectivity index (χ0n) is 13.6. The lowest BCUT2D eigenvalue weighted by Crippen LogP contribution is -2.25. The molecule has 0 aliphatic rings. The first-order chi connectivity index (χ1) is 11.9. The molecule has 2 rings (SSSR count). The van der Waals surface area contributed by atoms with Gasteiger partial charge in [-0.1, -0.05) is 30.0 Å². The Bertz CT molecular complexity index is 863. The van der Waals surface area contributed by atoms with Crippen LogP contribution in [0.2, 0.25) is 0 Å². The van der Waals surface area contributed by atoms with E-state index in [-0.39, 0.29) is 23.9 Å². The number of nitro benzene ring substituents is 1. The first-order valence-corrected chi connectivity index (χ1v) is 8.28. The second kappa shape index (κ2) is 8.21. The van der Waals surface area contributed by atoms with E-state index in [1.807, 2.05) is 6.07 Å². The quantitative estimate of drug-likeness (QED) is 0.364. The summed E-state index contributed by atoms with van der Waals surface area (Å²) in [6, 6.07) is 8.27. The Morgan fingerprint density at radius 2 is 2.08 bits per heavy atom. The smallest absolute Gasteiger partial charge is 0.274 e. The van der Waals surface area contributed by atoms with Gasteiger partial charge in [-0.05, 0) is 13.8 Å². The van der Waals surface area contributed by atoms with Crippen LogP contribution in [0.1, 0.15) is 22.6 Å². The van der Waals surface area contributed by atoms with E-state index in [9.17, 15) is 20.2 Å². The monoisotopic (exact) mass is 357 g/mol. The molecule has 2 aromatic rings. The minimum absolute atomic E-state index is 0.0377. The van der Waals surface area contributed by atoms with Crippen molar-refractivity contribution >= 4 is 23.4 Å². The van der Waals surface area contributed by atoms with Crippen LogP contribution in [0.25, 0.3) is 0 Å². The normalized spacial score (nSPS) is 10.1. The lowest BCUT2D eigenvalue weighted by atomic mass is 10.2. The molecule has 0 saturated carbocycles. The Hall–Kier alpha value is -2.99. The van der Waals surface area contributed by atoms with Crippen molar-refractivity contribution in [2.75, 3.05) is 5.75 Å². The number of carbonyl (C=O) groups is 1. The van der Waals surface area contributed by atoms with Crippen LogP contribution >= 0.6 is 11.8 Å². The van der Waals surface area contributed by atoms with Gasteiger partial charge in [-0.3, -0.25) is 14.9 Å². The van der Waals surface area contributed by atoms with Gasteiger partial charge in [0.05, 0.1) is 16.4 Å². The van der Waals surface area contributed by atoms with E-state index in [0.29, 0.717) is 27.7 Å². The van der Waals surface area contributed by atoms with Crippen molar-refractivity contribution < 1.29 is 9.72 Å². The molecule has 1 amide bonds. The maximum absolute atomic E-state index is 12.0. The number of hydrogen-bond donors (Lipinski definition) is 1. The number of rotatable bonds is 6. The van der Waals surface area contributed by atoms with Crippen LogP contribution in [0, 0.1) is 35.3 Å². The molecule has 0 radical (unpaired) electrons. The highest BCUT2D eigenvalue weighted by molar-refractivity contribution is 8.00. The standard InChI is InChI=1S/C16H15N5O3S/c1-10-13(7-17)16(20-11(2)19-10)25-9-15(22)18-8-12-5-3-4-6-14(12)21(23)24/h3-6H,8-9H2,1-2H3,(H,18,22). The molecular formula is C16H15N5O3S. The summed E-state index contributed by atoms with van der Waals surface area (Å²) in [5, 5.41) is 23.2. The number of nitrogens with zero attached hydrogens (tertiary/aromatic N) is 4. The van der Waals surface area contributed by atoms with Crippen molar-refractivity contribution in [2.45, 2.75) is 25.4 Å². The van der Waals surface area contributed by atoms with Crippen molar-refractivity contribution in [3.63, 3.8) is 0 Å². The van der Waals surface area contributed by atoms with E-state index in [4.69, 9.17) is 0 Å². The summed E-state index contributed by atoms with van der Waals surface area (Å²) >= 11 is 1.13. The lowest BCUT2D eigenvalue weighted by molar-refractivity contribution is -0.385. The number of carbonyl (C=O) groups excluding carboxylic acids is 1. The molecule has 1 aromatic heterocycles. The maximum atomic E-state index is 12.0. The second-order valence-corrected chi connectivity index (χ2v) is 6.06. The summed E-state index contributed by atoms with van der Waals surface area (Å²) in [5.41, 5.74) is 1.31. The minimum Gasteiger partial charge on any atom is -0.351 e. The van der Waals surface area contributed by atoms with Gasteiger partial charge in [0, 0.05) is 18.2 Å². The molecule has 128 valence electrons. The number of amides is 1. The van der Waals surface area contributed by atoms with Gasteiger partial charge in [0.2, 0.25) is 5.91 Å². The Balaban J connectivity index is 1.99. The van der Waals surface area contributed by atoms with Crippen LogP contribution in [0.5, 0.6) is 0 Å². The number of hydrogen-bond acceptors (Lipinski definition) is 7. The summed E-state index contributed by atoms with van der Waals surface area (Å²) < 4.78 is 0. The number of thioether (sulfide) groups is 1. The molecule has 0 saturated heterocycles. The molecule has 0 fully saturated rings. The molecule has 9 heteroatoms. The van der Waals surface area contributed by atoms with Crippen LogP contribution in [0.4, 0.5) is 5.69 Å². The van der Waals surface area contributed by atoms with Crippen molar-refractivity contribution in [3.8, 4) is 6.07 Å². The van der Waals surface area contributed by atoms with Crippen molar-refractivity contribution in [2.24, 2.45) is 0 Å². The molecule has 1 heterocycles. The molecule has 25 heavy (non-hydrogen) atoms. The first-order valence-electron chi connectivity index (χ1n) is 7.29. The highest BCUT2D eigenvalue weighted by Gasteiger charge is 2.15. The summed E-state index contributed by atoms with van der Waals surface area (Å²) in [6.45, 7) is 3.49. The zero-order valence-corrected chi connectivity index (χ0v) is 14.5. The van der Waals surface area contributed by atoms with Crippen molar-refractivity contribution in [1.29, 1.82) is 5.26 Å². The summed E-state index contributed by atoms with van der Waals surface area (Å²) in [4.78, 5) is 30.8. The number of aromatic nitrogens is 2. The molecule has 0 bridgehead atoms. The van der Waals surface area contributed by atoms with Crippen LogP contribution in [0.3, 0.4) is 0 Å². The molecule has 0 atom stereocenters. The van der Waals surface area contributed by atoms with E-state index >= 15 is 0 Å². The van der Waals surface area contributed by atoms with Gasteiger partial charge in [-0.2, -0.15) is 5.26 Å². The highest BCUT2D eigenvalue weighted by Crippen LogP contribution is 2.22. The molecule has 1 aromatic carbocycles. The fourth-order valence-corrected chi connectivity index (χ4v) is 3.04. The minimum atomic E-state index is -0.484. The first kappa shape index (κ1) is 18.4. The third-order valence-corrected chi connectivity index (χ3v) is 4.26. The Kier molecular flexibility index (Phi) is 6.03. The number of nitriles is 1. The Morgan fingerprint density at radius 3 is 2.76 bits per heavy atom. The van der Waals surface area contributed by atoms with E-state index in [2.05, 4.69) is 15.3 Å². The van der Waals surface area contributed by atoms with E-state index in [1.165, 1.54) is 6.07 Å². The molecule has 8 nitrogen and oxygen atoms in total. The van der Waals surface area contributed by atoms with Gasteiger partial charge in [0.25, 0.3) is 5.69 Å². The molecule has 1 N–H and O–H groups in total. The molecule has 0 aliphatic carbocycles. The lowest BCUT2D eigenvalue weighted by Gasteiger charge is -2.08. The van der Waals surface area contributed by atoms with E-state index < -0.39 is 4.92 Å². The molecule has 0 aliphatic heterocycles. The number of benzene rings is 1. The molecule has 0 spiro atoms. The van der Waals surface area contributed by atoms with Gasteiger partial charge in [0.15, 0.2) is 0 Å². The van der Waals surface area contributed by atoms with E-state index in [1.54, 1.807) is 32.0 Å². The largest absolute Gasteiger partial charge is 0.351 e. The van der Waals surface area contributed by atoms with Gasteiger partial charge >= 0.3 is 0 Å². The Morgan fingerprint density at radius 1 is 1.36 bits per heavy atom. The van der Waals surface area contributed by atoms with Gasteiger partial charge in [0.1, 0.15) is 22.5 Å². The van der Waals surface area contributed by atoms with Crippen LogP contribution in [-0.4, -0.2) is 26.6 Å².